The average molecular weight is 168 g/mol. The molecule has 66 valence electrons. The van der Waals surface area contributed by atoms with Crippen LogP contribution in [-0.2, 0) is 4.79 Å². The molecule has 0 aromatic heterocycles. The molecule has 1 rings (SSSR count). The maximum atomic E-state index is 10.8. The average Bonchev–Trinajstić information content (AvgIpc) is 1.99. The fourth-order valence-corrected chi connectivity index (χ4v) is 1.09. The minimum atomic E-state index is -0.516. The van der Waals surface area contributed by atoms with E-state index in [1.807, 2.05) is 0 Å². The van der Waals surface area contributed by atoms with Crippen molar-refractivity contribution in [2.45, 2.75) is 32.6 Å². The molecule has 0 spiro atoms. The van der Waals surface area contributed by atoms with Gasteiger partial charge in [-0.1, -0.05) is 13.3 Å². The van der Waals surface area contributed by atoms with Crippen molar-refractivity contribution in [3.05, 3.63) is 0 Å². The number of carbonyl (C=O) groups excluding carboxylic acids is 2. The van der Waals surface area contributed by atoms with Gasteiger partial charge in [-0.2, -0.15) is 0 Å². The van der Waals surface area contributed by atoms with Crippen LogP contribution in [0.5, 0.6) is 0 Å². The van der Waals surface area contributed by atoms with Crippen LogP contribution >= 0.6 is 0 Å². The van der Waals surface area contributed by atoms with Crippen molar-refractivity contribution in [1.82, 2.24) is 5.32 Å². The highest BCUT2D eigenvalue weighted by Crippen LogP contribution is 2.04. The second kappa shape index (κ2) is 3.99. The Morgan fingerprint density at radius 1 is 1.50 bits per heavy atom. The minimum Gasteiger partial charge on any atom is -0.276 e. The Labute approximate surface area is 71.1 Å². The topological polar surface area (TPSA) is 58.5 Å². The molecule has 0 aromatic carbocycles. The van der Waals surface area contributed by atoms with Crippen molar-refractivity contribution < 1.29 is 9.59 Å². The minimum absolute atomic E-state index is 0.235. The molecule has 0 aromatic rings. The molecule has 0 saturated heterocycles. The molecular formula is C8H12N2O2. The van der Waals surface area contributed by atoms with Crippen LogP contribution in [0, 0.1) is 0 Å². The van der Waals surface area contributed by atoms with E-state index in [4.69, 9.17) is 0 Å². The summed E-state index contributed by atoms with van der Waals surface area (Å²) in [5.74, 6) is -0.235. The number of nitrogens with one attached hydrogen (secondary N) is 1. The van der Waals surface area contributed by atoms with Crippen LogP contribution in [0.2, 0.25) is 0 Å². The van der Waals surface area contributed by atoms with Crippen LogP contribution in [0.15, 0.2) is 4.99 Å². The first kappa shape index (κ1) is 8.90. The molecule has 3 amide bonds. The van der Waals surface area contributed by atoms with Gasteiger partial charge in [-0.3, -0.25) is 10.1 Å². The Morgan fingerprint density at radius 2 is 2.25 bits per heavy atom. The van der Waals surface area contributed by atoms with E-state index in [0.717, 1.165) is 19.3 Å². The maximum absolute atomic E-state index is 10.8. The largest absolute Gasteiger partial charge is 0.347 e. The first-order valence-electron chi connectivity index (χ1n) is 4.12. The van der Waals surface area contributed by atoms with Crippen LogP contribution < -0.4 is 5.32 Å². The van der Waals surface area contributed by atoms with Crippen molar-refractivity contribution in [3.63, 3.8) is 0 Å². The third-order valence-corrected chi connectivity index (χ3v) is 1.69. The summed E-state index contributed by atoms with van der Waals surface area (Å²) in [7, 11) is 0. The normalized spacial score (nSPS) is 17.2. The number of carbonyl (C=O) groups is 2. The first-order chi connectivity index (χ1) is 5.72. The first-order valence-corrected chi connectivity index (χ1v) is 4.12. The number of urea groups is 1. The summed E-state index contributed by atoms with van der Waals surface area (Å²) in [6, 6.07) is -0.516. The Kier molecular flexibility index (Phi) is 2.96. The third kappa shape index (κ3) is 2.45. The van der Waals surface area contributed by atoms with Gasteiger partial charge in [0.15, 0.2) is 0 Å². The Bertz CT molecular complexity index is 233. The second-order valence-electron chi connectivity index (χ2n) is 2.81. The number of aliphatic imine (C=N–C) groups is 1. The van der Waals surface area contributed by atoms with E-state index in [0.29, 0.717) is 5.71 Å². The van der Waals surface area contributed by atoms with Gasteiger partial charge >= 0.3 is 6.03 Å². The molecule has 0 fully saturated rings. The molecule has 1 aliphatic rings. The number of unbranched alkanes of at least 4 members (excludes halogenated alkanes) is 1. The summed E-state index contributed by atoms with van der Waals surface area (Å²) in [5, 5.41) is 2.12. The number of imide groups is 1. The van der Waals surface area contributed by atoms with Gasteiger partial charge in [-0.25, -0.2) is 9.79 Å². The van der Waals surface area contributed by atoms with E-state index in [1.54, 1.807) is 0 Å². The molecule has 4 nitrogen and oxygen atoms in total. The van der Waals surface area contributed by atoms with E-state index < -0.39 is 6.03 Å². The SMILES string of the molecule is CCCCC1=NC(=O)NC(=O)C1. The summed E-state index contributed by atoms with van der Waals surface area (Å²) in [5.41, 5.74) is 0.714. The molecule has 0 aliphatic carbocycles. The molecular weight excluding hydrogens is 156 g/mol. The smallest absolute Gasteiger partial charge is 0.276 e. The van der Waals surface area contributed by atoms with Gasteiger partial charge in [-0.05, 0) is 12.8 Å². The van der Waals surface area contributed by atoms with Gasteiger partial charge < -0.3 is 0 Å². The fourth-order valence-electron chi connectivity index (χ4n) is 1.09. The molecule has 0 unspecified atom stereocenters. The Balaban J connectivity index is 2.52. The summed E-state index contributed by atoms with van der Waals surface area (Å²) in [4.78, 5) is 25.3. The Hall–Kier alpha value is -1.19. The number of amides is 3. The lowest BCUT2D eigenvalue weighted by Crippen LogP contribution is -2.34. The molecule has 0 radical (unpaired) electrons. The molecule has 1 heterocycles. The Morgan fingerprint density at radius 3 is 2.83 bits per heavy atom. The van der Waals surface area contributed by atoms with Crippen molar-refractivity contribution in [3.8, 4) is 0 Å². The molecule has 0 saturated carbocycles. The van der Waals surface area contributed by atoms with Gasteiger partial charge in [0.2, 0.25) is 5.91 Å². The molecule has 0 atom stereocenters. The maximum Gasteiger partial charge on any atom is 0.347 e. The van der Waals surface area contributed by atoms with Crippen LogP contribution in [0.25, 0.3) is 0 Å². The third-order valence-electron chi connectivity index (χ3n) is 1.69. The predicted molar refractivity (Wildman–Crippen MR) is 45.1 cm³/mol. The van der Waals surface area contributed by atoms with Crippen molar-refractivity contribution in [2.75, 3.05) is 0 Å². The highest BCUT2D eigenvalue weighted by Gasteiger charge is 2.16. The fraction of sp³-hybridized carbons (Fsp3) is 0.625. The highest BCUT2D eigenvalue weighted by molar-refractivity contribution is 6.14. The zero-order valence-corrected chi connectivity index (χ0v) is 7.09. The predicted octanol–water partition coefficient (Wildman–Crippen LogP) is 1.26. The lowest BCUT2D eigenvalue weighted by Gasteiger charge is -2.10. The zero-order valence-electron chi connectivity index (χ0n) is 7.09. The quantitative estimate of drug-likeness (QED) is 0.689. The zero-order chi connectivity index (χ0) is 8.97. The van der Waals surface area contributed by atoms with Gasteiger partial charge in [0.05, 0.1) is 6.42 Å². The van der Waals surface area contributed by atoms with Crippen LogP contribution in [0.3, 0.4) is 0 Å². The second-order valence-corrected chi connectivity index (χ2v) is 2.81. The number of hydrogen-bond donors (Lipinski definition) is 1. The number of hydrogen-bond acceptors (Lipinski definition) is 2. The van der Waals surface area contributed by atoms with Crippen LogP contribution in [0.4, 0.5) is 4.79 Å². The van der Waals surface area contributed by atoms with E-state index >= 15 is 0 Å². The standard InChI is InChI=1S/C8H12N2O2/c1-2-3-4-6-5-7(11)10-8(12)9-6/h2-5H2,1H3,(H,10,11,12). The van der Waals surface area contributed by atoms with Crippen molar-refractivity contribution in [1.29, 1.82) is 0 Å². The monoisotopic (exact) mass is 168 g/mol. The van der Waals surface area contributed by atoms with Gasteiger partial charge in [-0.15, -0.1) is 0 Å². The van der Waals surface area contributed by atoms with E-state index in [9.17, 15) is 9.59 Å². The summed E-state index contributed by atoms with van der Waals surface area (Å²) >= 11 is 0. The van der Waals surface area contributed by atoms with Gasteiger partial charge in [0.25, 0.3) is 0 Å². The molecule has 1 aliphatic heterocycles. The van der Waals surface area contributed by atoms with Gasteiger partial charge in [0, 0.05) is 5.71 Å². The molecule has 12 heavy (non-hydrogen) atoms. The summed E-state index contributed by atoms with van der Waals surface area (Å²) < 4.78 is 0. The van der Waals surface area contributed by atoms with Crippen LogP contribution in [-0.4, -0.2) is 17.6 Å². The number of rotatable bonds is 3. The van der Waals surface area contributed by atoms with E-state index in [1.165, 1.54) is 0 Å². The molecule has 0 bridgehead atoms. The lowest BCUT2D eigenvalue weighted by atomic mass is 10.1. The summed E-state index contributed by atoms with van der Waals surface area (Å²) in [6.45, 7) is 2.06. The van der Waals surface area contributed by atoms with E-state index in [2.05, 4.69) is 17.2 Å². The van der Waals surface area contributed by atoms with Crippen molar-refractivity contribution in [2.24, 2.45) is 4.99 Å². The number of nitrogens with zero attached hydrogens (tertiary/aromatic N) is 1. The highest BCUT2D eigenvalue weighted by atomic mass is 16.2. The van der Waals surface area contributed by atoms with Gasteiger partial charge in [0.1, 0.15) is 0 Å². The molecule has 1 N–H and O–H groups in total. The van der Waals surface area contributed by atoms with E-state index in [-0.39, 0.29) is 12.3 Å². The van der Waals surface area contributed by atoms with Crippen molar-refractivity contribution >= 4 is 17.6 Å². The molecule has 4 heteroatoms. The summed E-state index contributed by atoms with van der Waals surface area (Å²) in [6.07, 6.45) is 3.08. The van der Waals surface area contributed by atoms with Crippen LogP contribution in [0.1, 0.15) is 32.6 Å². The lowest BCUT2D eigenvalue weighted by molar-refractivity contribution is -0.119.